The second-order valence-electron chi connectivity index (χ2n) is 4.09. The molecular weight excluding hydrogens is 369 g/mol. The molecule has 5 nitrogen and oxygen atoms in total. The molecule has 0 amide bonds. The third-order valence-electron chi connectivity index (χ3n) is 2.63. The van der Waals surface area contributed by atoms with Gasteiger partial charge in [-0.2, -0.15) is 0 Å². The number of methoxy groups -OCH3 is 1. The van der Waals surface area contributed by atoms with Crippen molar-refractivity contribution in [3.63, 3.8) is 0 Å². The first-order chi connectivity index (χ1) is 9.65. The van der Waals surface area contributed by atoms with Crippen LogP contribution in [0.2, 0.25) is 0 Å². The summed E-state index contributed by atoms with van der Waals surface area (Å²) in [7, 11) is 1.63. The van der Waals surface area contributed by atoms with E-state index in [-0.39, 0.29) is 0 Å². The largest absolute Gasteiger partial charge is 0.494 e. The van der Waals surface area contributed by atoms with E-state index in [0.717, 1.165) is 20.6 Å². The molecule has 1 aromatic heterocycles. The molecule has 2 aromatic rings. The predicted molar refractivity (Wildman–Crippen MR) is 86.5 cm³/mol. The average molecular weight is 385 g/mol. The highest BCUT2D eigenvalue weighted by Crippen LogP contribution is 2.25. The third-order valence-corrected chi connectivity index (χ3v) is 3.80. The molecule has 6 heteroatoms. The Morgan fingerprint density at radius 3 is 2.80 bits per heavy atom. The minimum absolute atomic E-state index is 0.406. The van der Waals surface area contributed by atoms with Crippen LogP contribution >= 0.6 is 22.6 Å². The Kier molecular flexibility index (Phi) is 5.13. The molecule has 0 atom stereocenters. The molecular formula is C14H16IN3O2. The van der Waals surface area contributed by atoms with E-state index in [1.54, 1.807) is 7.11 Å². The van der Waals surface area contributed by atoms with E-state index in [1.807, 2.05) is 31.2 Å². The van der Waals surface area contributed by atoms with Gasteiger partial charge in [0.15, 0.2) is 5.82 Å². The van der Waals surface area contributed by atoms with Crippen LogP contribution in [0.3, 0.4) is 0 Å². The van der Waals surface area contributed by atoms with Crippen molar-refractivity contribution in [2.75, 3.05) is 19.5 Å². The van der Waals surface area contributed by atoms with Crippen molar-refractivity contribution in [2.45, 2.75) is 13.5 Å². The molecule has 20 heavy (non-hydrogen) atoms. The van der Waals surface area contributed by atoms with Crippen molar-refractivity contribution in [1.29, 1.82) is 0 Å². The summed E-state index contributed by atoms with van der Waals surface area (Å²) in [5, 5.41) is 0. The summed E-state index contributed by atoms with van der Waals surface area (Å²) >= 11 is 2.13. The van der Waals surface area contributed by atoms with Crippen molar-refractivity contribution < 1.29 is 9.47 Å². The van der Waals surface area contributed by atoms with Gasteiger partial charge in [-0.05, 0) is 41.6 Å². The van der Waals surface area contributed by atoms with Gasteiger partial charge in [-0.1, -0.05) is 12.1 Å². The van der Waals surface area contributed by atoms with Gasteiger partial charge in [0, 0.05) is 12.7 Å². The quantitative estimate of drug-likeness (QED) is 0.802. The molecule has 0 radical (unpaired) electrons. The Balaban J connectivity index is 2.44. The second-order valence-corrected chi connectivity index (χ2v) is 5.17. The van der Waals surface area contributed by atoms with Crippen LogP contribution in [0.4, 0.5) is 5.82 Å². The summed E-state index contributed by atoms with van der Waals surface area (Å²) in [6.45, 7) is 2.97. The monoisotopic (exact) mass is 385 g/mol. The molecule has 106 valence electrons. The van der Waals surface area contributed by atoms with Crippen LogP contribution in [0.5, 0.6) is 5.75 Å². The maximum Gasteiger partial charge on any atom is 0.162 e. The zero-order valence-electron chi connectivity index (χ0n) is 11.4. The normalized spacial score (nSPS) is 10.6. The van der Waals surface area contributed by atoms with Gasteiger partial charge in [-0.25, -0.2) is 9.97 Å². The molecule has 0 spiro atoms. The molecule has 0 aliphatic heterocycles. The lowest BCUT2D eigenvalue weighted by Gasteiger charge is -2.09. The molecule has 1 heterocycles. The van der Waals surface area contributed by atoms with Crippen molar-refractivity contribution in [2.24, 2.45) is 0 Å². The molecule has 2 N–H and O–H groups in total. The van der Waals surface area contributed by atoms with Crippen molar-refractivity contribution >= 4 is 28.4 Å². The van der Waals surface area contributed by atoms with Crippen LogP contribution in [-0.4, -0.2) is 23.7 Å². The molecule has 0 saturated heterocycles. The van der Waals surface area contributed by atoms with Crippen LogP contribution < -0.4 is 10.5 Å². The number of hydrogen-bond donors (Lipinski definition) is 1. The van der Waals surface area contributed by atoms with E-state index in [9.17, 15) is 0 Å². The van der Waals surface area contributed by atoms with Crippen LogP contribution in [-0.2, 0) is 11.3 Å². The van der Waals surface area contributed by atoms with Crippen LogP contribution in [0.1, 0.15) is 12.6 Å². The summed E-state index contributed by atoms with van der Waals surface area (Å²) in [6, 6.07) is 7.65. The highest BCUT2D eigenvalue weighted by atomic mass is 127. The minimum Gasteiger partial charge on any atom is -0.494 e. The number of rotatable bonds is 5. The number of nitrogen functional groups attached to an aromatic ring is 1. The van der Waals surface area contributed by atoms with Gasteiger partial charge in [0.1, 0.15) is 11.6 Å². The zero-order valence-corrected chi connectivity index (χ0v) is 13.5. The fourth-order valence-electron chi connectivity index (χ4n) is 1.77. The van der Waals surface area contributed by atoms with Crippen molar-refractivity contribution in [1.82, 2.24) is 9.97 Å². The molecule has 2 rings (SSSR count). The Morgan fingerprint density at radius 1 is 1.30 bits per heavy atom. The topological polar surface area (TPSA) is 70.3 Å². The number of anilines is 1. The SMILES string of the molecule is CCOc1cccc(-c2nc(N)c(I)c(COC)n2)c1. The van der Waals surface area contributed by atoms with Crippen molar-refractivity contribution in [3.05, 3.63) is 33.5 Å². The lowest BCUT2D eigenvalue weighted by Crippen LogP contribution is -2.06. The van der Waals surface area contributed by atoms with E-state index in [4.69, 9.17) is 15.2 Å². The Hall–Kier alpha value is -1.41. The van der Waals surface area contributed by atoms with E-state index in [2.05, 4.69) is 32.6 Å². The lowest BCUT2D eigenvalue weighted by molar-refractivity contribution is 0.181. The highest BCUT2D eigenvalue weighted by Gasteiger charge is 2.11. The number of ether oxygens (including phenoxy) is 2. The lowest BCUT2D eigenvalue weighted by atomic mass is 10.2. The van der Waals surface area contributed by atoms with Crippen LogP contribution in [0, 0.1) is 3.57 Å². The van der Waals surface area contributed by atoms with E-state index < -0.39 is 0 Å². The third kappa shape index (κ3) is 3.37. The predicted octanol–water partition coefficient (Wildman–Crippen LogP) is 2.88. The number of nitrogens with zero attached hydrogens (tertiary/aromatic N) is 2. The maximum absolute atomic E-state index is 5.94. The van der Waals surface area contributed by atoms with Gasteiger partial charge in [-0.3, -0.25) is 0 Å². The molecule has 1 aromatic carbocycles. The summed E-state index contributed by atoms with van der Waals surface area (Å²) in [6.07, 6.45) is 0. The number of hydrogen-bond acceptors (Lipinski definition) is 5. The zero-order chi connectivity index (χ0) is 14.5. The van der Waals surface area contributed by atoms with Gasteiger partial charge in [0.25, 0.3) is 0 Å². The van der Waals surface area contributed by atoms with E-state index >= 15 is 0 Å². The van der Waals surface area contributed by atoms with E-state index in [0.29, 0.717) is 24.9 Å². The number of benzene rings is 1. The Morgan fingerprint density at radius 2 is 2.10 bits per heavy atom. The van der Waals surface area contributed by atoms with Crippen LogP contribution in [0.25, 0.3) is 11.4 Å². The fraction of sp³-hybridized carbons (Fsp3) is 0.286. The van der Waals surface area contributed by atoms with Gasteiger partial charge < -0.3 is 15.2 Å². The van der Waals surface area contributed by atoms with Crippen LogP contribution in [0.15, 0.2) is 24.3 Å². The average Bonchev–Trinajstić information content (AvgIpc) is 2.44. The first-order valence-corrected chi connectivity index (χ1v) is 7.27. The summed E-state index contributed by atoms with van der Waals surface area (Å²) in [4.78, 5) is 8.85. The first kappa shape index (κ1) is 15.0. The summed E-state index contributed by atoms with van der Waals surface area (Å²) in [5.41, 5.74) is 7.60. The maximum atomic E-state index is 5.94. The molecule has 0 fully saturated rings. The Labute approximate surface area is 131 Å². The van der Waals surface area contributed by atoms with Gasteiger partial charge in [0.2, 0.25) is 0 Å². The number of aromatic nitrogens is 2. The second kappa shape index (κ2) is 6.85. The molecule has 0 saturated carbocycles. The highest BCUT2D eigenvalue weighted by molar-refractivity contribution is 14.1. The summed E-state index contributed by atoms with van der Waals surface area (Å²) < 4.78 is 11.5. The van der Waals surface area contributed by atoms with Gasteiger partial charge in [-0.15, -0.1) is 0 Å². The Bertz CT molecular complexity index is 605. The van der Waals surface area contributed by atoms with Gasteiger partial charge in [0.05, 0.1) is 22.5 Å². The standard InChI is InChI=1S/C14H16IN3O2/c1-3-20-10-6-4-5-9(7-10)14-17-11(8-19-2)12(15)13(16)18-14/h4-7H,3,8H2,1-2H3,(H2,16,17,18). The molecule has 0 aliphatic carbocycles. The van der Waals surface area contributed by atoms with Crippen molar-refractivity contribution in [3.8, 4) is 17.1 Å². The molecule has 0 unspecified atom stereocenters. The molecule has 0 bridgehead atoms. The van der Waals surface area contributed by atoms with E-state index in [1.165, 1.54) is 0 Å². The number of nitrogens with two attached hydrogens (primary N) is 1. The fourth-order valence-corrected chi connectivity index (χ4v) is 2.16. The first-order valence-electron chi connectivity index (χ1n) is 6.19. The number of halogens is 1. The molecule has 0 aliphatic rings. The minimum atomic E-state index is 0.406. The smallest absolute Gasteiger partial charge is 0.162 e. The van der Waals surface area contributed by atoms with Gasteiger partial charge >= 0.3 is 0 Å². The summed E-state index contributed by atoms with van der Waals surface area (Å²) in [5.74, 6) is 1.83.